The molecule has 0 fully saturated rings. The summed E-state index contributed by atoms with van der Waals surface area (Å²) in [6, 6.07) is 20.9. The summed E-state index contributed by atoms with van der Waals surface area (Å²) in [7, 11) is 1.53. The van der Waals surface area contributed by atoms with Crippen molar-refractivity contribution in [2.45, 2.75) is 12.8 Å². The molecule has 0 saturated carbocycles. The van der Waals surface area contributed by atoms with Crippen molar-refractivity contribution in [3.8, 4) is 5.75 Å². The van der Waals surface area contributed by atoms with Gasteiger partial charge >= 0.3 is 0 Å². The molecule has 6 nitrogen and oxygen atoms in total. The first-order valence-electron chi connectivity index (χ1n) is 8.90. The largest absolute Gasteiger partial charge is 0.495 e. The smallest absolute Gasteiger partial charge is 0.240 e. The molecular weight excluding hydrogens is 354 g/mol. The fourth-order valence-electron chi connectivity index (χ4n) is 2.78. The molecule has 0 aromatic heterocycles. The summed E-state index contributed by atoms with van der Waals surface area (Å²) < 4.78 is 5.18. The van der Waals surface area contributed by atoms with Gasteiger partial charge in [0.25, 0.3) is 0 Å². The van der Waals surface area contributed by atoms with Crippen molar-refractivity contribution in [1.29, 1.82) is 0 Å². The number of rotatable bonds is 7. The van der Waals surface area contributed by atoms with Gasteiger partial charge in [-0.1, -0.05) is 54.6 Å². The third kappa shape index (κ3) is 4.94. The molecule has 2 N–H and O–H groups in total. The minimum Gasteiger partial charge on any atom is -0.495 e. The number of nitrogens with one attached hydrogen (secondary N) is 2. The summed E-state index contributed by atoms with van der Waals surface area (Å²) in [6.45, 7) is 0. The first-order chi connectivity index (χ1) is 13.7. The van der Waals surface area contributed by atoms with E-state index in [4.69, 9.17) is 4.74 Å². The monoisotopic (exact) mass is 375 g/mol. The predicted molar refractivity (Wildman–Crippen MR) is 111 cm³/mol. The van der Waals surface area contributed by atoms with Gasteiger partial charge in [-0.2, -0.15) is 5.10 Å². The predicted octanol–water partition coefficient (Wildman–Crippen LogP) is 3.72. The quantitative estimate of drug-likeness (QED) is 0.488. The molecule has 0 atom stereocenters. The average molecular weight is 375 g/mol. The molecule has 0 unspecified atom stereocenters. The zero-order valence-corrected chi connectivity index (χ0v) is 15.5. The molecule has 3 aromatic carbocycles. The minimum atomic E-state index is -0.327. The Labute approximate surface area is 163 Å². The third-order valence-corrected chi connectivity index (χ3v) is 4.18. The molecule has 0 saturated heterocycles. The van der Waals surface area contributed by atoms with Crippen molar-refractivity contribution < 1.29 is 14.3 Å². The Morgan fingerprint density at radius 1 is 0.929 bits per heavy atom. The summed E-state index contributed by atoms with van der Waals surface area (Å²) in [4.78, 5) is 24.0. The number of anilines is 1. The minimum absolute atomic E-state index is 0.0356. The van der Waals surface area contributed by atoms with Crippen LogP contribution in [0.3, 0.4) is 0 Å². The molecule has 2 amide bonds. The lowest BCUT2D eigenvalue weighted by atomic mass is 10.1. The third-order valence-electron chi connectivity index (χ3n) is 4.18. The van der Waals surface area contributed by atoms with Gasteiger partial charge in [-0.25, -0.2) is 5.43 Å². The Morgan fingerprint density at radius 2 is 1.64 bits per heavy atom. The zero-order valence-electron chi connectivity index (χ0n) is 15.5. The first kappa shape index (κ1) is 19.1. The van der Waals surface area contributed by atoms with Crippen LogP contribution < -0.4 is 15.5 Å². The standard InChI is InChI=1S/C22H21N3O3/c1-28-20-12-5-4-11-19(20)24-21(26)13-14-22(27)25-23-15-17-9-6-8-16-7-2-3-10-18(16)17/h2-12,15H,13-14H2,1H3,(H,24,26)(H,25,27). The number of fused-ring (bicyclic) bond motifs is 1. The Hall–Kier alpha value is -3.67. The highest BCUT2D eigenvalue weighted by Gasteiger charge is 2.09. The Balaban J connectivity index is 1.50. The lowest BCUT2D eigenvalue weighted by Gasteiger charge is -2.09. The molecule has 28 heavy (non-hydrogen) atoms. The first-order valence-corrected chi connectivity index (χ1v) is 8.90. The number of methoxy groups -OCH3 is 1. The van der Waals surface area contributed by atoms with Crippen LogP contribution in [0.2, 0.25) is 0 Å². The van der Waals surface area contributed by atoms with Crippen LogP contribution in [0, 0.1) is 0 Å². The zero-order chi connectivity index (χ0) is 19.8. The van der Waals surface area contributed by atoms with E-state index in [1.54, 1.807) is 24.4 Å². The van der Waals surface area contributed by atoms with Crippen LogP contribution in [0.25, 0.3) is 10.8 Å². The molecule has 142 valence electrons. The molecule has 0 aliphatic rings. The van der Waals surface area contributed by atoms with Crippen LogP contribution in [0.15, 0.2) is 71.8 Å². The molecule has 0 aliphatic heterocycles. The molecule has 0 heterocycles. The van der Waals surface area contributed by atoms with Crippen molar-refractivity contribution in [3.05, 3.63) is 72.3 Å². The summed E-state index contributed by atoms with van der Waals surface area (Å²) in [5.74, 6) is -0.0238. The molecule has 0 aliphatic carbocycles. The van der Waals surface area contributed by atoms with Crippen LogP contribution in [0.4, 0.5) is 5.69 Å². The number of benzene rings is 3. The van der Waals surface area contributed by atoms with Crippen molar-refractivity contribution >= 4 is 34.5 Å². The van der Waals surface area contributed by atoms with Crippen molar-refractivity contribution in [1.82, 2.24) is 5.43 Å². The molecule has 6 heteroatoms. The summed E-state index contributed by atoms with van der Waals surface area (Å²) in [5.41, 5.74) is 3.95. The van der Waals surface area contributed by atoms with E-state index in [0.29, 0.717) is 11.4 Å². The topological polar surface area (TPSA) is 79.8 Å². The number of ether oxygens (including phenoxy) is 1. The Bertz CT molecular complexity index is 1010. The molecule has 0 bridgehead atoms. The van der Waals surface area contributed by atoms with Crippen LogP contribution in [-0.4, -0.2) is 25.1 Å². The highest BCUT2D eigenvalue weighted by Crippen LogP contribution is 2.23. The number of para-hydroxylation sites is 2. The van der Waals surface area contributed by atoms with Gasteiger partial charge in [0.2, 0.25) is 11.8 Å². The van der Waals surface area contributed by atoms with Gasteiger partial charge in [-0.15, -0.1) is 0 Å². The van der Waals surface area contributed by atoms with E-state index in [0.717, 1.165) is 16.3 Å². The van der Waals surface area contributed by atoms with Gasteiger partial charge in [-0.05, 0) is 22.9 Å². The van der Waals surface area contributed by atoms with Crippen LogP contribution in [0.5, 0.6) is 5.75 Å². The number of carbonyl (C=O) groups is 2. The van der Waals surface area contributed by atoms with Gasteiger partial charge in [0.05, 0.1) is 19.0 Å². The second-order valence-corrected chi connectivity index (χ2v) is 6.11. The molecule has 0 spiro atoms. The number of hydrogen-bond donors (Lipinski definition) is 2. The second kappa shape index (κ2) is 9.32. The van der Waals surface area contributed by atoms with E-state index < -0.39 is 0 Å². The van der Waals surface area contributed by atoms with Crippen molar-refractivity contribution in [3.63, 3.8) is 0 Å². The van der Waals surface area contributed by atoms with E-state index in [9.17, 15) is 9.59 Å². The van der Waals surface area contributed by atoms with Crippen LogP contribution in [0.1, 0.15) is 18.4 Å². The van der Waals surface area contributed by atoms with Gasteiger partial charge in [0, 0.05) is 18.4 Å². The number of amides is 2. The average Bonchev–Trinajstić information content (AvgIpc) is 2.73. The summed E-state index contributed by atoms with van der Waals surface area (Å²) in [5, 5.41) is 8.90. The fourth-order valence-corrected chi connectivity index (χ4v) is 2.78. The van der Waals surface area contributed by atoms with E-state index in [1.807, 2.05) is 48.5 Å². The maximum atomic E-state index is 12.0. The lowest BCUT2D eigenvalue weighted by molar-refractivity contribution is -0.124. The van der Waals surface area contributed by atoms with E-state index in [-0.39, 0.29) is 24.7 Å². The van der Waals surface area contributed by atoms with Crippen molar-refractivity contribution in [2.75, 3.05) is 12.4 Å². The van der Waals surface area contributed by atoms with E-state index in [1.165, 1.54) is 7.11 Å². The van der Waals surface area contributed by atoms with E-state index in [2.05, 4.69) is 15.8 Å². The molecule has 0 radical (unpaired) electrons. The van der Waals surface area contributed by atoms with Gasteiger partial charge in [-0.3, -0.25) is 9.59 Å². The summed E-state index contributed by atoms with van der Waals surface area (Å²) >= 11 is 0. The fraction of sp³-hybridized carbons (Fsp3) is 0.136. The second-order valence-electron chi connectivity index (χ2n) is 6.11. The van der Waals surface area contributed by atoms with Crippen molar-refractivity contribution in [2.24, 2.45) is 5.10 Å². The Morgan fingerprint density at radius 3 is 2.50 bits per heavy atom. The number of hydrogen-bond acceptors (Lipinski definition) is 4. The normalized spacial score (nSPS) is 10.8. The van der Waals surface area contributed by atoms with Gasteiger partial charge < -0.3 is 10.1 Å². The number of nitrogens with zero attached hydrogens (tertiary/aromatic N) is 1. The SMILES string of the molecule is COc1ccccc1NC(=O)CCC(=O)NN=Cc1cccc2ccccc12. The molecule has 3 aromatic rings. The number of carbonyl (C=O) groups excluding carboxylic acids is 2. The van der Waals surface area contributed by atoms with Gasteiger partial charge in [0.15, 0.2) is 0 Å². The van der Waals surface area contributed by atoms with Gasteiger partial charge in [0.1, 0.15) is 5.75 Å². The van der Waals surface area contributed by atoms with Crippen LogP contribution >= 0.6 is 0 Å². The maximum Gasteiger partial charge on any atom is 0.240 e. The molecule has 3 rings (SSSR count). The van der Waals surface area contributed by atoms with E-state index >= 15 is 0 Å². The summed E-state index contributed by atoms with van der Waals surface area (Å²) in [6.07, 6.45) is 1.69. The number of hydrazone groups is 1. The van der Waals surface area contributed by atoms with Crippen LogP contribution in [-0.2, 0) is 9.59 Å². The maximum absolute atomic E-state index is 12.0. The lowest BCUT2D eigenvalue weighted by Crippen LogP contribution is -2.20. The highest BCUT2D eigenvalue weighted by molar-refractivity contribution is 6.00. The Kier molecular flexibility index (Phi) is 6.36. The highest BCUT2D eigenvalue weighted by atomic mass is 16.5. The molecular formula is C22H21N3O3.